The van der Waals surface area contributed by atoms with Gasteiger partial charge >= 0.3 is 5.97 Å². The lowest BCUT2D eigenvalue weighted by Crippen LogP contribution is -2.37. The Morgan fingerprint density at radius 1 is 1.06 bits per heavy atom. The average Bonchev–Trinajstić information content (AvgIpc) is 2.79. The van der Waals surface area contributed by atoms with Crippen LogP contribution in [0.3, 0.4) is 0 Å². The quantitative estimate of drug-likeness (QED) is 0.701. The van der Waals surface area contributed by atoms with Gasteiger partial charge in [-0.1, -0.05) is 48.5 Å². The number of amides is 1. The normalized spacial score (nSPS) is 17.5. The Hall–Kier alpha value is -3.72. The first-order valence-corrected chi connectivity index (χ1v) is 11.6. The van der Waals surface area contributed by atoms with Gasteiger partial charge in [0, 0.05) is 24.0 Å². The minimum absolute atomic E-state index is 0.136. The van der Waals surface area contributed by atoms with Gasteiger partial charge < -0.3 is 15.0 Å². The monoisotopic (exact) mass is 451 g/mol. The molecule has 4 rings (SSSR count). The summed E-state index contributed by atoms with van der Waals surface area (Å²) in [5.74, 6) is -1.04. The number of para-hydroxylation sites is 1. The molecular weight excluding hydrogens is 430 g/mol. The molecule has 8 nitrogen and oxygen atoms in total. The van der Waals surface area contributed by atoms with Crippen molar-refractivity contribution in [1.29, 1.82) is 0 Å². The first kappa shape index (κ1) is 21.5. The molecule has 1 amide bonds. The number of sulfonamides is 1. The fourth-order valence-corrected chi connectivity index (χ4v) is 4.27. The highest BCUT2D eigenvalue weighted by molar-refractivity contribution is 7.90. The summed E-state index contributed by atoms with van der Waals surface area (Å²) in [5.41, 5.74) is 2.61. The molecule has 0 bridgehead atoms. The zero-order valence-electron chi connectivity index (χ0n) is 17.3. The van der Waals surface area contributed by atoms with Gasteiger partial charge in [-0.25, -0.2) is 13.2 Å². The number of rotatable bonds is 5. The predicted octanol–water partition coefficient (Wildman–Crippen LogP) is 2.72. The number of nitrogens with zero attached hydrogens (tertiary/aromatic N) is 2. The lowest BCUT2D eigenvalue weighted by Gasteiger charge is -2.27. The fourth-order valence-electron chi connectivity index (χ4n) is 3.30. The second kappa shape index (κ2) is 8.80. The minimum Gasteiger partial charge on any atom is -0.449 e. The summed E-state index contributed by atoms with van der Waals surface area (Å²) in [6, 6.07) is 17.0. The van der Waals surface area contributed by atoms with Crippen LogP contribution in [0.4, 0.5) is 5.69 Å². The van der Waals surface area contributed by atoms with E-state index in [1.165, 1.54) is 25.3 Å². The average molecular weight is 452 g/mol. The van der Waals surface area contributed by atoms with E-state index in [-0.39, 0.29) is 23.7 Å². The van der Waals surface area contributed by atoms with Crippen LogP contribution in [-0.4, -0.2) is 49.4 Å². The van der Waals surface area contributed by atoms with Crippen LogP contribution in [0, 0.1) is 0 Å². The van der Waals surface area contributed by atoms with Crippen molar-refractivity contribution in [3.8, 4) is 11.1 Å². The minimum atomic E-state index is -3.48. The Bertz CT molecular complexity index is 1250. The van der Waals surface area contributed by atoms with Crippen LogP contribution < -0.4 is 5.32 Å². The number of benzene rings is 2. The van der Waals surface area contributed by atoms with Crippen LogP contribution in [0.15, 0.2) is 82.9 Å². The maximum Gasteiger partial charge on any atom is 0.340 e. The van der Waals surface area contributed by atoms with Crippen LogP contribution in [0.25, 0.3) is 11.1 Å². The molecule has 0 saturated carbocycles. The number of anilines is 1. The maximum atomic E-state index is 12.7. The van der Waals surface area contributed by atoms with Crippen molar-refractivity contribution in [2.75, 3.05) is 17.6 Å². The number of carbonyl (C=O) groups excluding carboxylic acids is 2. The van der Waals surface area contributed by atoms with Crippen LogP contribution in [0.1, 0.15) is 6.92 Å². The van der Waals surface area contributed by atoms with E-state index in [0.29, 0.717) is 5.69 Å². The molecule has 2 heterocycles. The molecule has 1 atom stereocenters. The molecule has 0 saturated heterocycles. The van der Waals surface area contributed by atoms with E-state index < -0.39 is 28.0 Å². The topological polar surface area (TPSA) is 105 Å². The fraction of sp³-hybridized carbons (Fsp3) is 0.174. The lowest BCUT2D eigenvalue weighted by atomic mass is 10.0. The first-order valence-electron chi connectivity index (χ1n) is 9.98. The van der Waals surface area contributed by atoms with E-state index in [2.05, 4.69) is 9.71 Å². The van der Waals surface area contributed by atoms with Crippen molar-refractivity contribution < 1.29 is 22.7 Å². The number of fused-ring (bicyclic) bond motifs is 1. The first-order chi connectivity index (χ1) is 15.3. The summed E-state index contributed by atoms with van der Waals surface area (Å²) < 4.78 is 32.2. The summed E-state index contributed by atoms with van der Waals surface area (Å²) in [6.07, 6.45) is 3.30. The van der Waals surface area contributed by atoms with Crippen molar-refractivity contribution in [2.45, 2.75) is 13.0 Å². The molecule has 1 unspecified atom stereocenters. The second-order valence-corrected chi connectivity index (χ2v) is 9.05. The number of amidine groups is 1. The summed E-state index contributed by atoms with van der Waals surface area (Å²) >= 11 is 0. The highest BCUT2D eigenvalue weighted by atomic mass is 32.2. The summed E-state index contributed by atoms with van der Waals surface area (Å²) in [7, 11) is -3.48. The number of ether oxygens (including phenoxy) is 1. The van der Waals surface area contributed by atoms with E-state index in [9.17, 15) is 18.0 Å². The van der Waals surface area contributed by atoms with Gasteiger partial charge in [-0.3, -0.25) is 4.79 Å². The lowest BCUT2D eigenvalue weighted by molar-refractivity contribution is -0.149. The van der Waals surface area contributed by atoms with Gasteiger partial charge in [-0.2, -0.15) is 0 Å². The molecular formula is C23H21N3O5S. The van der Waals surface area contributed by atoms with E-state index >= 15 is 0 Å². The van der Waals surface area contributed by atoms with Gasteiger partial charge in [0.05, 0.1) is 11.3 Å². The standard InChI is InChI=1S/C23H21N3O5S/c1-16(22(27)24-20-10-6-5-9-19(20)17-7-3-2-4-8-17)31-23(28)18-11-12-21-25-32(29,30)14-13-26(21)15-18/h2-12,15-16H,13-14H2,1H3,(H,24,27). The van der Waals surface area contributed by atoms with Crippen LogP contribution in [0.5, 0.6) is 0 Å². The van der Waals surface area contributed by atoms with Gasteiger partial charge in [0.2, 0.25) is 0 Å². The number of carbonyl (C=O) groups is 2. The molecule has 9 heteroatoms. The zero-order chi connectivity index (χ0) is 22.7. The molecule has 0 radical (unpaired) electrons. The van der Waals surface area contributed by atoms with Crippen LogP contribution in [0.2, 0.25) is 0 Å². The second-order valence-electron chi connectivity index (χ2n) is 7.30. The van der Waals surface area contributed by atoms with Crippen molar-refractivity contribution in [3.63, 3.8) is 0 Å². The number of nitrogens with one attached hydrogen (secondary N) is 1. The van der Waals surface area contributed by atoms with Gasteiger partial charge in [0.1, 0.15) is 5.84 Å². The third-order valence-corrected chi connectivity index (χ3v) is 6.15. The predicted molar refractivity (Wildman–Crippen MR) is 121 cm³/mol. The van der Waals surface area contributed by atoms with Crippen LogP contribution >= 0.6 is 0 Å². The Morgan fingerprint density at radius 2 is 1.78 bits per heavy atom. The van der Waals surface area contributed by atoms with E-state index in [0.717, 1.165) is 11.1 Å². The third kappa shape index (κ3) is 4.78. The molecule has 2 aliphatic rings. The molecule has 1 N–H and O–H groups in total. The maximum absolute atomic E-state index is 12.7. The molecule has 2 aliphatic heterocycles. The summed E-state index contributed by atoms with van der Waals surface area (Å²) in [5, 5.41) is 2.82. The molecule has 32 heavy (non-hydrogen) atoms. The van der Waals surface area contributed by atoms with Crippen molar-refractivity contribution in [1.82, 2.24) is 4.90 Å². The van der Waals surface area contributed by atoms with Gasteiger partial charge in [-0.15, -0.1) is 4.40 Å². The molecule has 2 aromatic carbocycles. The van der Waals surface area contributed by atoms with E-state index in [1.54, 1.807) is 11.0 Å². The number of hydrogen-bond acceptors (Lipinski definition) is 6. The van der Waals surface area contributed by atoms with E-state index in [4.69, 9.17) is 4.74 Å². The molecule has 0 spiro atoms. The highest BCUT2D eigenvalue weighted by Crippen LogP contribution is 2.27. The molecule has 0 aliphatic carbocycles. The Morgan fingerprint density at radius 3 is 2.56 bits per heavy atom. The smallest absolute Gasteiger partial charge is 0.340 e. The van der Waals surface area contributed by atoms with E-state index in [1.807, 2.05) is 48.5 Å². The number of esters is 1. The Kier molecular flexibility index (Phi) is 5.91. The summed E-state index contributed by atoms with van der Waals surface area (Å²) in [6.45, 7) is 1.68. The molecule has 164 valence electrons. The van der Waals surface area contributed by atoms with Gasteiger partial charge in [0.25, 0.3) is 15.9 Å². The summed E-state index contributed by atoms with van der Waals surface area (Å²) in [4.78, 5) is 26.8. The van der Waals surface area contributed by atoms with Crippen molar-refractivity contribution >= 4 is 33.4 Å². The molecule has 0 aromatic heterocycles. The van der Waals surface area contributed by atoms with Crippen LogP contribution in [-0.2, 0) is 24.3 Å². The van der Waals surface area contributed by atoms with Crippen molar-refractivity contribution in [3.05, 3.63) is 78.5 Å². The largest absolute Gasteiger partial charge is 0.449 e. The SMILES string of the molecule is CC(OC(=O)C1=CN2CCS(=O)(=O)N=C2C=C1)C(=O)Nc1ccccc1-c1ccccc1. The van der Waals surface area contributed by atoms with Crippen molar-refractivity contribution in [2.24, 2.45) is 4.40 Å². The zero-order valence-corrected chi connectivity index (χ0v) is 18.1. The molecule has 2 aromatic rings. The highest BCUT2D eigenvalue weighted by Gasteiger charge is 2.27. The Labute approximate surface area is 186 Å². The molecule has 0 fully saturated rings. The third-order valence-electron chi connectivity index (χ3n) is 4.98. The van der Waals surface area contributed by atoms with Gasteiger partial charge in [0.15, 0.2) is 6.10 Å². The van der Waals surface area contributed by atoms with Gasteiger partial charge in [-0.05, 0) is 30.7 Å². The number of hydrogen-bond donors (Lipinski definition) is 1. The Balaban J connectivity index is 1.43.